The number of hydrogen-bond donors (Lipinski definition) is 0. The first-order valence-electron chi connectivity index (χ1n) is 8.68. The van der Waals surface area contributed by atoms with Gasteiger partial charge in [-0.2, -0.15) is 0 Å². The van der Waals surface area contributed by atoms with E-state index in [0.717, 1.165) is 22.2 Å². The molecule has 1 saturated heterocycles. The molecule has 0 spiro atoms. The number of carbonyl (C=O) groups excluding carboxylic acids is 2. The van der Waals surface area contributed by atoms with E-state index in [1.807, 2.05) is 18.2 Å². The molecule has 0 bridgehead atoms. The first kappa shape index (κ1) is 20.9. The average Bonchev–Trinajstić information content (AvgIpc) is 2.99. The van der Waals surface area contributed by atoms with Crippen LogP contribution in [0, 0.1) is 0 Å². The van der Waals surface area contributed by atoms with Gasteiger partial charge in [-0.3, -0.25) is 9.69 Å². The van der Waals surface area contributed by atoms with Crippen molar-refractivity contribution in [1.29, 1.82) is 0 Å². The number of amides is 1. The van der Waals surface area contributed by atoms with Crippen molar-refractivity contribution >= 4 is 46.3 Å². The number of carboxylic acid groups (broad SMARTS) is 1. The zero-order valence-corrected chi connectivity index (χ0v) is 17.4. The largest absolute Gasteiger partial charge is 0.548 e. The molecule has 1 aliphatic heterocycles. The topological polar surface area (TPSA) is 78.9 Å². The van der Waals surface area contributed by atoms with Crippen molar-refractivity contribution in [3.8, 4) is 11.5 Å². The lowest BCUT2D eigenvalue weighted by Gasteiger charge is -2.27. The van der Waals surface area contributed by atoms with Crippen molar-refractivity contribution in [3.63, 3.8) is 0 Å². The number of methoxy groups -OCH3 is 2. The highest BCUT2D eigenvalue weighted by Gasteiger charge is 2.37. The third kappa shape index (κ3) is 4.60. The fraction of sp³-hybridized carbons (Fsp3) is 0.190. The van der Waals surface area contributed by atoms with Crippen molar-refractivity contribution in [2.45, 2.75) is 12.5 Å². The Kier molecular flexibility index (Phi) is 6.56. The maximum atomic E-state index is 12.9. The maximum absolute atomic E-state index is 12.9. The normalized spacial score (nSPS) is 16.2. The molecule has 3 rings (SSSR count). The Labute approximate surface area is 178 Å². The van der Waals surface area contributed by atoms with E-state index in [1.54, 1.807) is 36.4 Å². The number of rotatable bonds is 7. The van der Waals surface area contributed by atoms with Gasteiger partial charge in [0.15, 0.2) is 11.5 Å². The lowest BCUT2D eigenvalue weighted by molar-refractivity contribution is -0.310. The minimum absolute atomic E-state index is 0.110. The van der Waals surface area contributed by atoms with Crippen LogP contribution in [0.15, 0.2) is 53.4 Å². The maximum Gasteiger partial charge on any atom is 0.266 e. The van der Waals surface area contributed by atoms with E-state index in [2.05, 4.69) is 0 Å². The summed E-state index contributed by atoms with van der Waals surface area (Å²) in [5.74, 6) is -0.720. The molecule has 1 fully saturated rings. The van der Waals surface area contributed by atoms with Crippen LogP contribution in [0.2, 0.25) is 0 Å². The molecule has 1 atom stereocenters. The minimum Gasteiger partial charge on any atom is -0.548 e. The van der Waals surface area contributed by atoms with Gasteiger partial charge in [0, 0.05) is 0 Å². The molecule has 0 radical (unpaired) electrons. The van der Waals surface area contributed by atoms with E-state index in [0.29, 0.717) is 22.0 Å². The summed E-state index contributed by atoms with van der Waals surface area (Å²) in [6, 6.07) is 13.1. The molecule has 2 aromatic carbocycles. The van der Waals surface area contributed by atoms with Gasteiger partial charge in [0.1, 0.15) is 4.32 Å². The van der Waals surface area contributed by atoms with Crippen molar-refractivity contribution in [1.82, 2.24) is 4.90 Å². The first-order valence-corrected chi connectivity index (χ1v) is 9.91. The van der Waals surface area contributed by atoms with E-state index >= 15 is 0 Å². The van der Waals surface area contributed by atoms with Crippen molar-refractivity contribution < 1.29 is 24.2 Å². The van der Waals surface area contributed by atoms with Gasteiger partial charge >= 0.3 is 0 Å². The molecule has 29 heavy (non-hydrogen) atoms. The van der Waals surface area contributed by atoms with Gasteiger partial charge in [0.05, 0.1) is 31.1 Å². The van der Waals surface area contributed by atoms with Crippen LogP contribution < -0.4 is 14.6 Å². The summed E-state index contributed by atoms with van der Waals surface area (Å²) in [4.78, 5) is 26.2. The number of aliphatic carboxylic acids is 1. The van der Waals surface area contributed by atoms with Crippen LogP contribution in [0.25, 0.3) is 6.08 Å². The summed E-state index contributed by atoms with van der Waals surface area (Å²) < 4.78 is 10.7. The van der Waals surface area contributed by atoms with Gasteiger partial charge in [-0.25, -0.2) is 0 Å². The second-order valence-electron chi connectivity index (χ2n) is 6.19. The molecule has 0 N–H and O–H groups in total. The monoisotopic (exact) mass is 428 g/mol. The molecule has 1 aliphatic rings. The Bertz CT molecular complexity index is 974. The number of thioether (sulfide) groups is 1. The molecular formula is C21H18NO5S2-. The first-order chi connectivity index (χ1) is 13.9. The Balaban J connectivity index is 1.88. The van der Waals surface area contributed by atoms with E-state index < -0.39 is 17.9 Å². The molecule has 6 nitrogen and oxygen atoms in total. The third-order valence-electron chi connectivity index (χ3n) is 4.38. The Hall–Kier alpha value is -2.84. The number of carbonyl (C=O) groups is 2. The van der Waals surface area contributed by atoms with Crippen LogP contribution in [0.5, 0.6) is 11.5 Å². The van der Waals surface area contributed by atoms with E-state index in [-0.39, 0.29) is 10.7 Å². The summed E-state index contributed by atoms with van der Waals surface area (Å²) in [7, 11) is 3.06. The van der Waals surface area contributed by atoms with Gasteiger partial charge < -0.3 is 19.4 Å². The van der Waals surface area contributed by atoms with Gasteiger partial charge in [-0.1, -0.05) is 60.4 Å². The summed E-state index contributed by atoms with van der Waals surface area (Å²) in [5.41, 5.74) is 1.48. The standard InChI is InChI=1S/C21H19NO5S2/c1-26-16-9-8-14(11-17(16)27-2)12-18-19(23)22(21(28)29-18)15(20(24)25)10-13-6-4-3-5-7-13/h3-9,11-12,15H,10H2,1-2H3,(H,24,25)/p-1/b18-12+/t15-/m1/s1. The molecule has 1 heterocycles. The van der Waals surface area contributed by atoms with Crippen molar-refractivity contribution in [2.75, 3.05) is 14.2 Å². The molecule has 2 aromatic rings. The fourth-order valence-electron chi connectivity index (χ4n) is 2.96. The number of carboxylic acids is 1. The van der Waals surface area contributed by atoms with E-state index in [4.69, 9.17) is 21.7 Å². The summed E-state index contributed by atoms with van der Waals surface area (Å²) in [6.45, 7) is 0. The van der Waals surface area contributed by atoms with Crippen LogP contribution >= 0.6 is 24.0 Å². The van der Waals surface area contributed by atoms with Gasteiger partial charge in [-0.15, -0.1) is 0 Å². The highest BCUT2D eigenvalue weighted by atomic mass is 32.2. The van der Waals surface area contributed by atoms with Crippen molar-refractivity contribution in [2.24, 2.45) is 0 Å². The third-order valence-corrected chi connectivity index (χ3v) is 5.71. The molecule has 0 saturated carbocycles. The Morgan fingerprint density at radius 1 is 1.17 bits per heavy atom. The number of ether oxygens (including phenoxy) is 2. The van der Waals surface area contributed by atoms with Crippen molar-refractivity contribution in [3.05, 3.63) is 64.6 Å². The molecule has 150 valence electrons. The molecular weight excluding hydrogens is 410 g/mol. The van der Waals surface area contributed by atoms with E-state index in [9.17, 15) is 14.7 Å². The number of hydrogen-bond acceptors (Lipinski definition) is 7. The highest BCUT2D eigenvalue weighted by Crippen LogP contribution is 2.36. The predicted octanol–water partition coefficient (Wildman–Crippen LogP) is 2.27. The van der Waals surface area contributed by atoms with Crippen LogP contribution in [0.1, 0.15) is 11.1 Å². The number of nitrogens with zero attached hydrogens (tertiary/aromatic N) is 1. The van der Waals surface area contributed by atoms with Crippen LogP contribution in [-0.4, -0.2) is 41.4 Å². The Morgan fingerprint density at radius 3 is 2.48 bits per heavy atom. The second-order valence-corrected chi connectivity index (χ2v) is 7.87. The molecule has 1 amide bonds. The Morgan fingerprint density at radius 2 is 1.86 bits per heavy atom. The van der Waals surface area contributed by atoms with Crippen LogP contribution in [-0.2, 0) is 16.0 Å². The van der Waals surface area contributed by atoms with Crippen LogP contribution in [0.3, 0.4) is 0 Å². The fourth-order valence-corrected chi connectivity index (χ4v) is 4.32. The molecule has 0 aliphatic carbocycles. The van der Waals surface area contributed by atoms with Gasteiger partial charge in [0.2, 0.25) is 0 Å². The predicted molar refractivity (Wildman–Crippen MR) is 113 cm³/mol. The lowest BCUT2D eigenvalue weighted by Crippen LogP contribution is -2.51. The van der Waals surface area contributed by atoms with Crippen LogP contribution in [0.4, 0.5) is 0 Å². The molecule has 0 unspecified atom stereocenters. The summed E-state index contributed by atoms with van der Waals surface area (Å²) in [5, 5.41) is 11.8. The second kappa shape index (κ2) is 9.11. The van der Waals surface area contributed by atoms with Gasteiger partial charge in [-0.05, 0) is 35.8 Å². The lowest BCUT2D eigenvalue weighted by atomic mass is 10.0. The number of benzene rings is 2. The molecule has 8 heteroatoms. The zero-order valence-electron chi connectivity index (χ0n) is 15.8. The van der Waals surface area contributed by atoms with Gasteiger partial charge in [0.25, 0.3) is 5.91 Å². The number of thiocarbonyl (C=S) groups is 1. The average molecular weight is 429 g/mol. The smallest absolute Gasteiger partial charge is 0.266 e. The summed E-state index contributed by atoms with van der Waals surface area (Å²) >= 11 is 6.36. The summed E-state index contributed by atoms with van der Waals surface area (Å²) in [6.07, 6.45) is 1.76. The highest BCUT2D eigenvalue weighted by molar-refractivity contribution is 8.26. The minimum atomic E-state index is -1.35. The zero-order chi connectivity index (χ0) is 21.0. The SMILES string of the molecule is COc1ccc(/C=C2/SC(=S)N([C@H](Cc3ccccc3)C(=O)[O-])C2=O)cc1OC. The van der Waals surface area contributed by atoms with E-state index in [1.165, 1.54) is 14.2 Å². The quantitative estimate of drug-likeness (QED) is 0.494. The molecule has 0 aromatic heterocycles.